The van der Waals surface area contributed by atoms with E-state index >= 15 is 0 Å². The zero-order valence-corrected chi connectivity index (χ0v) is 12.0. The fourth-order valence-corrected chi connectivity index (χ4v) is 1.96. The molecule has 1 heterocycles. The molecule has 0 saturated carbocycles. The SMILES string of the molecule is CCNC(=O)C1COCCN1C(=O)N[C@H](C(=O)O)[C@@H](C)O. The van der Waals surface area contributed by atoms with E-state index in [0.717, 1.165) is 0 Å². The first-order valence-corrected chi connectivity index (χ1v) is 6.72. The molecule has 4 N–H and O–H groups in total. The number of hydrogen-bond acceptors (Lipinski definition) is 5. The van der Waals surface area contributed by atoms with E-state index in [9.17, 15) is 19.5 Å². The first-order valence-electron chi connectivity index (χ1n) is 6.72. The van der Waals surface area contributed by atoms with Gasteiger partial charge in [0.05, 0.1) is 19.3 Å². The van der Waals surface area contributed by atoms with Crippen molar-refractivity contribution in [2.24, 2.45) is 0 Å². The number of carbonyl (C=O) groups is 3. The van der Waals surface area contributed by atoms with Crippen LogP contribution in [0.5, 0.6) is 0 Å². The van der Waals surface area contributed by atoms with E-state index < -0.39 is 30.2 Å². The Morgan fingerprint density at radius 3 is 2.62 bits per heavy atom. The maximum atomic E-state index is 12.1. The number of carbonyl (C=O) groups excluding carboxylic acids is 2. The number of ether oxygens (including phenoxy) is 1. The van der Waals surface area contributed by atoms with Crippen LogP contribution in [0.1, 0.15) is 13.8 Å². The Hall–Kier alpha value is -1.87. The van der Waals surface area contributed by atoms with Crippen LogP contribution in [0.2, 0.25) is 0 Å². The Balaban J connectivity index is 2.77. The van der Waals surface area contributed by atoms with Gasteiger partial charge in [-0.05, 0) is 13.8 Å². The molecule has 1 fully saturated rings. The Morgan fingerprint density at radius 1 is 1.43 bits per heavy atom. The third kappa shape index (κ3) is 4.57. The van der Waals surface area contributed by atoms with E-state index in [0.29, 0.717) is 6.54 Å². The number of nitrogens with one attached hydrogen (secondary N) is 2. The summed E-state index contributed by atoms with van der Waals surface area (Å²) in [6.07, 6.45) is -1.25. The van der Waals surface area contributed by atoms with E-state index in [2.05, 4.69) is 10.6 Å². The number of rotatable bonds is 5. The highest BCUT2D eigenvalue weighted by Gasteiger charge is 2.35. The van der Waals surface area contributed by atoms with Crippen molar-refractivity contribution in [3.05, 3.63) is 0 Å². The van der Waals surface area contributed by atoms with Crippen LogP contribution >= 0.6 is 0 Å². The van der Waals surface area contributed by atoms with Gasteiger partial charge in [-0.15, -0.1) is 0 Å². The predicted octanol–water partition coefficient (Wildman–Crippen LogP) is -1.63. The normalized spacial score (nSPS) is 21.3. The fraction of sp³-hybridized carbons (Fsp3) is 0.750. The molecule has 1 unspecified atom stereocenters. The van der Waals surface area contributed by atoms with Crippen molar-refractivity contribution in [2.75, 3.05) is 26.3 Å². The van der Waals surface area contributed by atoms with Crippen LogP contribution < -0.4 is 10.6 Å². The number of amides is 3. The fourth-order valence-electron chi connectivity index (χ4n) is 1.96. The number of aliphatic carboxylic acids is 1. The molecule has 21 heavy (non-hydrogen) atoms. The summed E-state index contributed by atoms with van der Waals surface area (Å²) in [7, 11) is 0. The summed E-state index contributed by atoms with van der Waals surface area (Å²) in [5, 5.41) is 23.1. The Kier molecular flexibility index (Phi) is 6.38. The van der Waals surface area contributed by atoms with Crippen molar-refractivity contribution < 1.29 is 29.3 Å². The van der Waals surface area contributed by atoms with Gasteiger partial charge in [0.2, 0.25) is 5.91 Å². The van der Waals surface area contributed by atoms with Crippen molar-refractivity contribution in [1.29, 1.82) is 0 Å². The summed E-state index contributed by atoms with van der Waals surface area (Å²) < 4.78 is 5.18. The van der Waals surface area contributed by atoms with Crippen LogP contribution in [0.15, 0.2) is 0 Å². The van der Waals surface area contributed by atoms with Gasteiger partial charge in [-0.1, -0.05) is 0 Å². The quantitative estimate of drug-likeness (QED) is 0.482. The van der Waals surface area contributed by atoms with Crippen molar-refractivity contribution in [3.63, 3.8) is 0 Å². The summed E-state index contributed by atoms with van der Waals surface area (Å²) >= 11 is 0. The Bertz CT molecular complexity index is 400. The minimum atomic E-state index is -1.43. The minimum absolute atomic E-state index is 0.0473. The second kappa shape index (κ2) is 7.79. The number of morpholine rings is 1. The molecular formula is C12H21N3O6. The lowest BCUT2D eigenvalue weighted by molar-refractivity contribution is -0.141. The maximum Gasteiger partial charge on any atom is 0.328 e. The van der Waals surface area contributed by atoms with E-state index in [1.807, 2.05) is 0 Å². The summed E-state index contributed by atoms with van der Waals surface area (Å²) in [6.45, 7) is 3.90. The van der Waals surface area contributed by atoms with Crippen molar-refractivity contribution in [2.45, 2.75) is 32.0 Å². The van der Waals surface area contributed by atoms with Gasteiger partial charge in [0.15, 0.2) is 6.04 Å². The molecule has 0 aromatic heterocycles. The third-order valence-corrected chi connectivity index (χ3v) is 3.07. The number of nitrogens with zero attached hydrogens (tertiary/aromatic N) is 1. The zero-order chi connectivity index (χ0) is 16.0. The van der Waals surface area contributed by atoms with E-state index in [4.69, 9.17) is 9.84 Å². The van der Waals surface area contributed by atoms with Crippen molar-refractivity contribution >= 4 is 17.9 Å². The Morgan fingerprint density at radius 2 is 2.10 bits per heavy atom. The summed E-state index contributed by atoms with van der Waals surface area (Å²) in [5.74, 6) is -1.71. The second-order valence-corrected chi connectivity index (χ2v) is 4.68. The van der Waals surface area contributed by atoms with Gasteiger partial charge in [-0.3, -0.25) is 4.79 Å². The van der Waals surface area contributed by atoms with Crippen LogP contribution in [0.25, 0.3) is 0 Å². The maximum absolute atomic E-state index is 12.1. The molecule has 0 spiro atoms. The molecule has 1 aliphatic rings. The first kappa shape index (κ1) is 17.2. The number of aliphatic hydroxyl groups excluding tert-OH is 1. The average Bonchev–Trinajstić information content (AvgIpc) is 2.44. The van der Waals surface area contributed by atoms with E-state index in [1.165, 1.54) is 11.8 Å². The van der Waals surface area contributed by atoms with Gasteiger partial charge in [0.1, 0.15) is 6.04 Å². The minimum Gasteiger partial charge on any atom is -0.480 e. The Labute approximate surface area is 122 Å². The highest BCUT2D eigenvalue weighted by Crippen LogP contribution is 2.08. The molecule has 0 radical (unpaired) electrons. The number of carboxylic acid groups (broad SMARTS) is 1. The van der Waals surface area contributed by atoms with Crippen LogP contribution in [0, 0.1) is 0 Å². The number of likely N-dealkylation sites (N-methyl/N-ethyl adjacent to an activating group) is 1. The van der Waals surface area contributed by atoms with Gasteiger partial charge < -0.3 is 30.5 Å². The molecule has 1 rings (SSSR count). The van der Waals surface area contributed by atoms with Gasteiger partial charge in [-0.2, -0.15) is 0 Å². The lowest BCUT2D eigenvalue weighted by atomic mass is 10.2. The van der Waals surface area contributed by atoms with Gasteiger partial charge in [0.25, 0.3) is 0 Å². The molecule has 9 heteroatoms. The summed E-state index contributed by atoms with van der Waals surface area (Å²) in [5.41, 5.74) is 0. The molecule has 9 nitrogen and oxygen atoms in total. The lowest BCUT2D eigenvalue weighted by Crippen LogP contribution is -2.61. The molecule has 120 valence electrons. The molecule has 0 aliphatic carbocycles. The number of carboxylic acids is 1. The highest BCUT2D eigenvalue weighted by atomic mass is 16.5. The van der Waals surface area contributed by atoms with E-state index in [1.54, 1.807) is 6.92 Å². The standard InChI is InChI=1S/C12H21N3O6/c1-3-13-10(17)8-6-21-5-4-15(8)12(20)14-9(7(2)16)11(18)19/h7-9,16H,3-6H2,1-2H3,(H,13,17)(H,14,20)(H,18,19)/t7-,8?,9+/m1/s1. The number of urea groups is 1. The topological polar surface area (TPSA) is 128 Å². The third-order valence-electron chi connectivity index (χ3n) is 3.07. The van der Waals surface area contributed by atoms with Gasteiger partial charge >= 0.3 is 12.0 Å². The monoisotopic (exact) mass is 303 g/mol. The van der Waals surface area contributed by atoms with Crippen LogP contribution in [-0.2, 0) is 14.3 Å². The predicted molar refractivity (Wildman–Crippen MR) is 71.6 cm³/mol. The molecule has 0 aromatic carbocycles. The van der Waals surface area contributed by atoms with E-state index in [-0.39, 0.29) is 25.7 Å². The molecular weight excluding hydrogens is 282 g/mol. The largest absolute Gasteiger partial charge is 0.480 e. The second-order valence-electron chi connectivity index (χ2n) is 4.68. The van der Waals surface area contributed by atoms with Crippen LogP contribution in [0.4, 0.5) is 4.79 Å². The summed E-state index contributed by atoms with van der Waals surface area (Å²) in [4.78, 5) is 36.2. The summed E-state index contributed by atoms with van der Waals surface area (Å²) in [6, 6.07) is -2.97. The van der Waals surface area contributed by atoms with Crippen molar-refractivity contribution in [3.8, 4) is 0 Å². The molecule has 3 amide bonds. The lowest BCUT2D eigenvalue weighted by Gasteiger charge is -2.35. The number of hydrogen-bond donors (Lipinski definition) is 4. The average molecular weight is 303 g/mol. The molecule has 3 atom stereocenters. The van der Waals surface area contributed by atoms with Gasteiger partial charge in [-0.25, -0.2) is 9.59 Å². The molecule has 1 saturated heterocycles. The van der Waals surface area contributed by atoms with Crippen LogP contribution in [0.3, 0.4) is 0 Å². The molecule has 0 bridgehead atoms. The molecule has 0 aromatic rings. The number of aliphatic hydroxyl groups is 1. The van der Waals surface area contributed by atoms with Crippen molar-refractivity contribution in [1.82, 2.24) is 15.5 Å². The first-order chi connectivity index (χ1) is 9.88. The zero-order valence-electron chi connectivity index (χ0n) is 12.0. The molecule has 1 aliphatic heterocycles. The smallest absolute Gasteiger partial charge is 0.328 e. The van der Waals surface area contributed by atoms with Crippen LogP contribution in [-0.4, -0.2) is 77.5 Å². The highest BCUT2D eigenvalue weighted by molar-refractivity contribution is 5.89. The van der Waals surface area contributed by atoms with Gasteiger partial charge in [0, 0.05) is 13.1 Å².